The Morgan fingerprint density at radius 2 is 2.00 bits per heavy atom. The zero-order valence-corrected chi connectivity index (χ0v) is 18.5. The monoisotopic (exact) mass is 486 g/mol. The number of hydrogen-bond donors (Lipinski definition) is 1. The predicted molar refractivity (Wildman–Crippen MR) is 115 cm³/mol. The molecular formula is C18H23IN2O4Si. The molecule has 26 heavy (non-hydrogen) atoms. The van der Waals surface area contributed by atoms with Crippen molar-refractivity contribution in [3.8, 4) is 0 Å². The number of aldehydes is 1. The quantitative estimate of drug-likeness (QED) is 0.269. The Bertz CT molecular complexity index is 916. The molecule has 0 amide bonds. The molecule has 6 nitrogen and oxygen atoms in total. The molecule has 8 heteroatoms. The molecule has 140 valence electrons. The topological polar surface area (TPSA) is 88.7 Å². The maximum atomic E-state index is 12.5. The van der Waals surface area contributed by atoms with E-state index in [1.807, 2.05) is 35.7 Å². The maximum Gasteiger partial charge on any atom is 0.200 e. The largest absolute Gasteiger partial charge is 0.432 e. The number of carbonyl (C=O) groups is 1. The lowest BCUT2D eigenvalue weighted by atomic mass is 10.1. The van der Waals surface area contributed by atoms with Crippen molar-refractivity contribution in [2.45, 2.75) is 51.4 Å². The molecule has 2 aromatic rings. The van der Waals surface area contributed by atoms with E-state index >= 15 is 0 Å². The van der Waals surface area contributed by atoms with Gasteiger partial charge in [-0.2, -0.15) is 0 Å². The number of pyridine rings is 1. The molecule has 1 aromatic heterocycles. The summed E-state index contributed by atoms with van der Waals surface area (Å²) in [6, 6.07) is 3.30. The van der Waals surface area contributed by atoms with Crippen molar-refractivity contribution >= 4 is 53.8 Å². The van der Waals surface area contributed by atoms with E-state index in [0.717, 1.165) is 12.8 Å². The first kappa shape index (κ1) is 20.9. The van der Waals surface area contributed by atoms with Gasteiger partial charge in [-0.25, -0.2) is 0 Å². The summed E-state index contributed by atoms with van der Waals surface area (Å²) >= 11 is 2.02. The first-order valence-corrected chi connectivity index (χ1v) is 12.4. The van der Waals surface area contributed by atoms with Gasteiger partial charge in [0.25, 0.3) is 0 Å². The van der Waals surface area contributed by atoms with Gasteiger partial charge in [0.05, 0.1) is 11.1 Å². The molecule has 0 atom stereocenters. The van der Waals surface area contributed by atoms with E-state index in [1.54, 1.807) is 16.7 Å². The predicted octanol–water partition coefficient (Wildman–Crippen LogP) is 4.57. The van der Waals surface area contributed by atoms with Gasteiger partial charge < -0.3 is 9.36 Å². The van der Waals surface area contributed by atoms with Crippen molar-refractivity contribution < 1.29 is 9.59 Å². The lowest BCUT2D eigenvalue weighted by Gasteiger charge is -2.35. The molecule has 0 unspecified atom stereocenters. The van der Waals surface area contributed by atoms with E-state index in [4.69, 9.17) is 0 Å². The van der Waals surface area contributed by atoms with Crippen LogP contribution in [-0.4, -0.2) is 24.0 Å². The van der Waals surface area contributed by atoms with Crippen LogP contribution >= 0.6 is 22.6 Å². The van der Waals surface area contributed by atoms with Crippen molar-refractivity contribution in [1.29, 1.82) is 0 Å². The summed E-state index contributed by atoms with van der Waals surface area (Å²) in [5.74, 6) is 0. The van der Waals surface area contributed by atoms with Gasteiger partial charge in [0.2, 0.25) is 0 Å². The third kappa shape index (κ3) is 4.12. The van der Waals surface area contributed by atoms with Crippen LogP contribution in [0.2, 0.25) is 18.1 Å². The zero-order chi connectivity index (χ0) is 19.7. The molecule has 0 radical (unpaired) electrons. The van der Waals surface area contributed by atoms with Crippen molar-refractivity contribution in [3.05, 3.63) is 42.6 Å². The molecule has 0 spiro atoms. The number of hydrogen-bond acceptors (Lipinski definition) is 5. The molecule has 0 saturated heterocycles. The molecule has 0 saturated carbocycles. The van der Waals surface area contributed by atoms with Gasteiger partial charge in [0.1, 0.15) is 5.69 Å². The van der Waals surface area contributed by atoms with Crippen LogP contribution in [0.4, 0.5) is 5.69 Å². The van der Waals surface area contributed by atoms with Crippen LogP contribution in [0.3, 0.4) is 0 Å². The molecule has 0 aliphatic rings. The molecule has 1 heterocycles. The molecule has 1 aromatic carbocycles. The van der Waals surface area contributed by atoms with Crippen LogP contribution in [0.25, 0.3) is 10.9 Å². The van der Waals surface area contributed by atoms with Crippen LogP contribution in [-0.2, 0) is 6.54 Å². The molecule has 1 N–H and O–H groups in total. The minimum Gasteiger partial charge on any atom is -0.432 e. The van der Waals surface area contributed by atoms with Crippen molar-refractivity contribution in [1.82, 2.24) is 4.57 Å². The number of aromatic nitrogens is 1. The molecule has 0 aliphatic heterocycles. The van der Waals surface area contributed by atoms with E-state index in [0.29, 0.717) is 27.3 Å². The van der Waals surface area contributed by atoms with Gasteiger partial charge >= 0.3 is 0 Å². The third-order valence-electron chi connectivity index (χ3n) is 5.23. The van der Waals surface area contributed by atoms with Gasteiger partial charge in [-0.3, -0.25) is 9.59 Å². The Labute approximate surface area is 166 Å². The minimum absolute atomic E-state index is 0.0625. The second-order valence-corrected chi connectivity index (χ2v) is 13.4. The lowest BCUT2D eigenvalue weighted by molar-refractivity contribution is 0.112. The van der Waals surface area contributed by atoms with Crippen LogP contribution in [0.5, 0.6) is 0 Å². The number of nitrogens with zero attached hydrogens (tertiary/aromatic N) is 2. The van der Waals surface area contributed by atoms with Crippen LogP contribution in [0.15, 0.2) is 28.3 Å². The van der Waals surface area contributed by atoms with Gasteiger partial charge in [-0.1, -0.05) is 13.8 Å². The molecule has 0 aliphatic carbocycles. The SMILES string of the molecule is CC(C)(CCCn1cc(C=O)c(=O)c2cc(I)cc(N=O)c21)[Si](C)(C)O. The van der Waals surface area contributed by atoms with Crippen molar-refractivity contribution in [2.75, 3.05) is 0 Å². The lowest BCUT2D eigenvalue weighted by Crippen LogP contribution is -2.39. The Balaban J connectivity index is 2.50. The Morgan fingerprint density at radius 1 is 1.35 bits per heavy atom. The Kier molecular flexibility index (Phi) is 6.19. The highest BCUT2D eigenvalue weighted by atomic mass is 127. The van der Waals surface area contributed by atoms with Gasteiger partial charge in [0, 0.05) is 21.7 Å². The third-order valence-corrected chi connectivity index (χ3v) is 9.41. The van der Waals surface area contributed by atoms with Gasteiger partial charge in [-0.15, -0.1) is 4.91 Å². The highest BCUT2D eigenvalue weighted by Crippen LogP contribution is 2.40. The minimum atomic E-state index is -2.31. The fourth-order valence-electron chi connectivity index (χ4n) is 2.83. The number of nitroso groups, excluding NO2 is 1. The van der Waals surface area contributed by atoms with E-state index in [-0.39, 0.29) is 21.7 Å². The van der Waals surface area contributed by atoms with Crippen molar-refractivity contribution in [2.24, 2.45) is 5.18 Å². The smallest absolute Gasteiger partial charge is 0.200 e. The van der Waals surface area contributed by atoms with Gasteiger partial charge in [-0.05, 0) is 70.9 Å². The molecular weight excluding hydrogens is 463 g/mol. The highest BCUT2D eigenvalue weighted by Gasteiger charge is 2.37. The summed E-state index contributed by atoms with van der Waals surface area (Å²) < 4.78 is 2.47. The zero-order valence-electron chi connectivity index (χ0n) is 15.4. The number of benzene rings is 1. The second-order valence-electron chi connectivity index (χ2n) is 7.68. The summed E-state index contributed by atoms with van der Waals surface area (Å²) in [6.07, 6.45) is 3.57. The van der Waals surface area contributed by atoms with E-state index in [2.05, 4.69) is 19.0 Å². The second kappa shape index (κ2) is 7.69. The van der Waals surface area contributed by atoms with E-state index in [9.17, 15) is 19.3 Å². The Hall–Kier alpha value is -1.39. The first-order chi connectivity index (χ1) is 12.0. The number of carbonyl (C=O) groups excluding carboxylic acids is 1. The maximum absolute atomic E-state index is 12.5. The van der Waals surface area contributed by atoms with Gasteiger partial charge in [0.15, 0.2) is 20.0 Å². The average Bonchev–Trinajstić information content (AvgIpc) is 2.55. The standard InChI is InChI=1S/C18H23IN2O4Si/c1-18(2,26(3,4)25)6-5-7-21-10-12(11-22)17(23)14-8-13(19)9-15(20-24)16(14)21/h8-11,25H,5-7H2,1-4H3. The average molecular weight is 486 g/mol. The summed E-state index contributed by atoms with van der Waals surface area (Å²) in [5.41, 5.74) is 0.318. The summed E-state index contributed by atoms with van der Waals surface area (Å²) in [5, 5.41) is 3.23. The van der Waals surface area contributed by atoms with E-state index in [1.165, 1.54) is 6.20 Å². The molecule has 2 rings (SSSR count). The summed E-state index contributed by atoms with van der Waals surface area (Å²) in [7, 11) is -2.31. The number of rotatable bonds is 7. The highest BCUT2D eigenvalue weighted by molar-refractivity contribution is 14.1. The molecule has 0 bridgehead atoms. The normalized spacial score (nSPS) is 12.4. The summed E-state index contributed by atoms with van der Waals surface area (Å²) in [4.78, 5) is 45.5. The number of aryl methyl sites for hydroxylation is 1. The van der Waals surface area contributed by atoms with Crippen LogP contribution in [0, 0.1) is 8.48 Å². The Morgan fingerprint density at radius 3 is 2.54 bits per heavy atom. The van der Waals surface area contributed by atoms with E-state index < -0.39 is 8.32 Å². The van der Waals surface area contributed by atoms with Crippen LogP contribution < -0.4 is 5.43 Å². The van der Waals surface area contributed by atoms with Crippen LogP contribution in [0.1, 0.15) is 37.0 Å². The summed E-state index contributed by atoms with van der Waals surface area (Å²) in [6.45, 7) is 8.47. The molecule has 0 fully saturated rings. The first-order valence-electron chi connectivity index (χ1n) is 8.39. The van der Waals surface area contributed by atoms with Crippen molar-refractivity contribution in [3.63, 3.8) is 0 Å². The fourth-order valence-corrected chi connectivity index (χ4v) is 4.23. The number of halogens is 1. The fraction of sp³-hybridized carbons (Fsp3) is 0.444. The number of fused-ring (bicyclic) bond motifs is 1.